The highest BCUT2D eigenvalue weighted by molar-refractivity contribution is 7.13. The number of carbonyl (C=O) groups is 2. The van der Waals surface area contributed by atoms with E-state index in [1.165, 1.54) is 11.3 Å². The fourth-order valence-corrected chi connectivity index (χ4v) is 2.64. The van der Waals surface area contributed by atoms with Crippen LogP contribution in [0.2, 0.25) is 0 Å². The number of thiazole rings is 1. The molecule has 1 aromatic rings. The fraction of sp³-hybridized carbons (Fsp3) is 0.615. The largest absolute Gasteiger partial charge is 0.480 e. The van der Waals surface area contributed by atoms with Crippen LogP contribution in [0.25, 0.3) is 0 Å². The number of rotatable bonds is 6. The molecule has 0 aliphatic carbocycles. The van der Waals surface area contributed by atoms with Crippen LogP contribution in [0.1, 0.15) is 47.6 Å². The summed E-state index contributed by atoms with van der Waals surface area (Å²) < 4.78 is 0. The summed E-state index contributed by atoms with van der Waals surface area (Å²) in [5.41, 5.74) is 0.660. The van der Waals surface area contributed by atoms with E-state index in [-0.39, 0.29) is 11.8 Å². The smallest absolute Gasteiger partial charge is 0.326 e. The number of carbonyl (C=O) groups excluding carboxylic acids is 1. The van der Waals surface area contributed by atoms with Crippen molar-refractivity contribution < 1.29 is 14.7 Å². The van der Waals surface area contributed by atoms with Crippen molar-refractivity contribution in [2.45, 2.75) is 46.6 Å². The van der Waals surface area contributed by atoms with Crippen LogP contribution in [-0.2, 0) is 11.2 Å². The summed E-state index contributed by atoms with van der Waals surface area (Å²) in [5, 5.41) is 12.6. The zero-order valence-corrected chi connectivity index (χ0v) is 12.5. The Labute approximate surface area is 117 Å². The summed E-state index contributed by atoms with van der Waals surface area (Å²) in [5.74, 6) is -1.14. The molecule has 0 radical (unpaired) electrons. The van der Waals surface area contributed by atoms with Gasteiger partial charge in [0.05, 0.1) is 10.7 Å². The average Bonchev–Trinajstić information content (AvgIpc) is 2.69. The van der Waals surface area contributed by atoms with Crippen molar-refractivity contribution in [3.05, 3.63) is 15.6 Å². The minimum Gasteiger partial charge on any atom is -0.480 e. The second-order valence-electron chi connectivity index (χ2n) is 4.87. The molecule has 106 valence electrons. The monoisotopic (exact) mass is 284 g/mol. The van der Waals surface area contributed by atoms with Crippen molar-refractivity contribution in [3.8, 4) is 0 Å². The Morgan fingerprint density at radius 1 is 1.42 bits per heavy atom. The second-order valence-corrected chi connectivity index (χ2v) is 5.95. The highest BCUT2D eigenvalue weighted by Gasteiger charge is 2.23. The standard InChI is InChI=1S/C13H20N2O3S/c1-5-10-14-8(4)11(19-10)12(16)15-9(13(17)18)6-7(2)3/h7,9H,5-6H2,1-4H3,(H,15,16)(H,17,18)/t9-/m0/s1. The molecule has 1 amide bonds. The Bertz CT molecular complexity index is 468. The van der Waals surface area contributed by atoms with Crippen LogP contribution in [-0.4, -0.2) is 28.0 Å². The van der Waals surface area contributed by atoms with Gasteiger partial charge >= 0.3 is 5.97 Å². The molecule has 0 saturated carbocycles. The van der Waals surface area contributed by atoms with E-state index in [0.29, 0.717) is 17.0 Å². The fourth-order valence-electron chi connectivity index (χ4n) is 1.73. The minimum absolute atomic E-state index is 0.204. The molecule has 19 heavy (non-hydrogen) atoms. The van der Waals surface area contributed by atoms with Gasteiger partial charge in [-0.3, -0.25) is 4.79 Å². The lowest BCUT2D eigenvalue weighted by Gasteiger charge is -2.15. The Morgan fingerprint density at radius 2 is 2.05 bits per heavy atom. The van der Waals surface area contributed by atoms with Crippen molar-refractivity contribution in [2.24, 2.45) is 5.92 Å². The average molecular weight is 284 g/mol. The molecule has 1 aromatic heterocycles. The van der Waals surface area contributed by atoms with Gasteiger partial charge in [0.2, 0.25) is 0 Å². The molecule has 0 bridgehead atoms. The molecule has 0 aromatic carbocycles. The molecule has 1 atom stereocenters. The third-order valence-corrected chi connectivity index (χ3v) is 3.96. The van der Waals surface area contributed by atoms with Crippen LogP contribution < -0.4 is 5.32 Å². The van der Waals surface area contributed by atoms with Crippen LogP contribution in [0, 0.1) is 12.8 Å². The van der Waals surface area contributed by atoms with Gasteiger partial charge in [0.15, 0.2) is 0 Å². The maximum Gasteiger partial charge on any atom is 0.326 e. The molecular formula is C13H20N2O3S. The predicted octanol–water partition coefficient (Wildman–Crippen LogP) is 2.24. The Kier molecular flexibility index (Phi) is 5.47. The number of hydrogen-bond donors (Lipinski definition) is 2. The molecule has 0 fully saturated rings. The van der Waals surface area contributed by atoms with Crippen LogP contribution >= 0.6 is 11.3 Å². The van der Waals surface area contributed by atoms with Crippen molar-refractivity contribution in [2.75, 3.05) is 0 Å². The summed E-state index contributed by atoms with van der Waals surface area (Å²) in [4.78, 5) is 28.0. The zero-order chi connectivity index (χ0) is 14.6. The van der Waals surface area contributed by atoms with Gasteiger partial charge in [0.1, 0.15) is 10.9 Å². The SMILES string of the molecule is CCc1nc(C)c(C(=O)N[C@@H](CC(C)C)C(=O)O)s1. The van der Waals surface area contributed by atoms with Gasteiger partial charge in [0.25, 0.3) is 5.91 Å². The number of nitrogens with zero attached hydrogens (tertiary/aromatic N) is 1. The minimum atomic E-state index is -1.00. The molecule has 0 aliphatic heterocycles. The number of carboxylic acids is 1. The van der Waals surface area contributed by atoms with E-state index in [0.717, 1.165) is 11.4 Å². The van der Waals surface area contributed by atoms with Crippen LogP contribution in [0.15, 0.2) is 0 Å². The molecule has 2 N–H and O–H groups in total. The van der Waals surface area contributed by atoms with E-state index in [4.69, 9.17) is 5.11 Å². The molecule has 1 rings (SSSR count). The first kappa shape index (κ1) is 15.6. The summed E-state index contributed by atoms with van der Waals surface area (Å²) in [7, 11) is 0. The Balaban J connectivity index is 2.81. The normalized spacial score (nSPS) is 12.5. The number of nitrogens with one attached hydrogen (secondary N) is 1. The molecule has 0 saturated heterocycles. The van der Waals surface area contributed by atoms with E-state index in [2.05, 4.69) is 10.3 Å². The van der Waals surface area contributed by atoms with Gasteiger partial charge in [-0.2, -0.15) is 0 Å². The highest BCUT2D eigenvalue weighted by atomic mass is 32.1. The first-order valence-corrected chi connectivity index (χ1v) is 7.16. The molecular weight excluding hydrogens is 264 g/mol. The summed E-state index contributed by atoms with van der Waals surface area (Å²) in [6.07, 6.45) is 1.19. The lowest BCUT2D eigenvalue weighted by Crippen LogP contribution is -2.41. The Hall–Kier alpha value is -1.43. The van der Waals surface area contributed by atoms with Crippen LogP contribution in [0.5, 0.6) is 0 Å². The van der Waals surface area contributed by atoms with E-state index in [9.17, 15) is 9.59 Å². The van der Waals surface area contributed by atoms with E-state index >= 15 is 0 Å². The number of aliphatic carboxylic acids is 1. The number of aryl methyl sites for hydroxylation is 2. The maximum atomic E-state index is 12.1. The molecule has 1 heterocycles. The van der Waals surface area contributed by atoms with Gasteiger partial charge in [-0.25, -0.2) is 9.78 Å². The van der Waals surface area contributed by atoms with Crippen LogP contribution in [0.3, 0.4) is 0 Å². The lowest BCUT2D eigenvalue weighted by molar-refractivity contribution is -0.139. The van der Waals surface area contributed by atoms with Gasteiger partial charge in [-0.15, -0.1) is 11.3 Å². The third-order valence-electron chi connectivity index (χ3n) is 2.66. The number of carboxylic acid groups (broad SMARTS) is 1. The Morgan fingerprint density at radius 3 is 2.47 bits per heavy atom. The highest BCUT2D eigenvalue weighted by Crippen LogP contribution is 2.19. The topological polar surface area (TPSA) is 79.3 Å². The number of aromatic nitrogens is 1. The van der Waals surface area contributed by atoms with E-state index in [1.54, 1.807) is 6.92 Å². The van der Waals surface area contributed by atoms with E-state index in [1.807, 2.05) is 20.8 Å². The van der Waals surface area contributed by atoms with E-state index < -0.39 is 12.0 Å². The van der Waals surface area contributed by atoms with Gasteiger partial charge < -0.3 is 10.4 Å². The summed E-state index contributed by atoms with van der Waals surface area (Å²) in [6.45, 7) is 7.59. The van der Waals surface area contributed by atoms with Crippen molar-refractivity contribution in [1.82, 2.24) is 10.3 Å². The van der Waals surface area contributed by atoms with Crippen molar-refractivity contribution >= 4 is 23.2 Å². The third kappa shape index (κ3) is 4.31. The molecule has 0 spiro atoms. The van der Waals surface area contributed by atoms with Gasteiger partial charge in [-0.1, -0.05) is 20.8 Å². The quantitative estimate of drug-likeness (QED) is 0.839. The first-order chi connectivity index (χ1) is 8.85. The molecule has 0 unspecified atom stereocenters. The predicted molar refractivity (Wildman–Crippen MR) is 74.6 cm³/mol. The lowest BCUT2D eigenvalue weighted by atomic mass is 10.0. The van der Waals surface area contributed by atoms with Gasteiger partial charge in [-0.05, 0) is 25.7 Å². The maximum absolute atomic E-state index is 12.1. The van der Waals surface area contributed by atoms with Crippen molar-refractivity contribution in [1.29, 1.82) is 0 Å². The molecule has 0 aliphatic rings. The second kappa shape index (κ2) is 6.65. The summed E-state index contributed by atoms with van der Waals surface area (Å²) in [6, 6.07) is -0.848. The molecule has 6 heteroatoms. The first-order valence-electron chi connectivity index (χ1n) is 6.35. The summed E-state index contributed by atoms with van der Waals surface area (Å²) >= 11 is 1.32. The molecule has 5 nitrogen and oxygen atoms in total. The number of amides is 1. The van der Waals surface area contributed by atoms with Gasteiger partial charge in [0, 0.05) is 0 Å². The number of hydrogen-bond acceptors (Lipinski definition) is 4. The zero-order valence-electron chi connectivity index (χ0n) is 11.7. The van der Waals surface area contributed by atoms with Crippen LogP contribution in [0.4, 0.5) is 0 Å². The van der Waals surface area contributed by atoms with Crippen molar-refractivity contribution in [3.63, 3.8) is 0 Å².